The van der Waals surface area contributed by atoms with E-state index < -0.39 is 15.8 Å². The van der Waals surface area contributed by atoms with Gasteiger partial charge in [0.1, 0.15) is 16.5 Å². The molecule has 0 radical (unpaired) electrons. The molecule has 0 heterocycles. The molecule has 22 heavy (non-hydrogen) atoms. The molecule has 0 aliphatic rings. The highest BCUT2D eigenvalue weighted by atomic mass is 35.5. The van der Waals surface area contributed by atoms with Gasteiger partial charge in [-0.3, -0.25) is 4.72 Å². The maximum absolute atomic E-state index is 13.0. The van der Waals surface area contributed by atoms with E-state index in [-0.39, 0.29) is 21.4 Å². The quantitative estimate of drug-likeness (QED) is 0.883. The molecule has 2 aromatic rings. The summed E-state index contributed by atoms with van der Waals surface area (Å²) in [5.41, 5.74) is 0.884. The van der Waals surface area contributed by atoms with E-state index in [0.717, 1.165) is 18.2 Å². The Morgan fingerprint density at radius 2 is 1.82 bits per heavy atom. The van der Waals surface area contributed by atoms with Crippen LogP contribution in [0.15, 0.2) is 35.2 Å². The molecule has 1 N–H and O–H groups in total. The van der Waals surface area contributed by atoms with Gasteiger partial charge in [0, 0.05) is 11.1 Å². The Morgan fingerprint density at radius 1 is 1.14 bits per heavy atom. The number of rotatable bonds is 4. The zero-order valence-corrected chi connectivity index (χ0v) is 14.0. The van der Waals surface area contributed by atoms with Crippen molar-refractivity contribution in [1.29, 1.82) is 0 Å². The van der Waals surface area contributed by atoms with E-state index in [1.54, 1.807) is 6.92 Å². The van der Waals surface area contributed by atoms with Gasteiger partial charge < -0.3 is 4.74 Å². The fraction of sp³-hybridized carbons (Fsp3) is 0.143. The number of anilines is 1. The van der Waals surface area contributed by atoms with Crippen molar-refractivity contribution < 1.29 is 17.5 Å². The van der Waals surface area contributed by atoms with Gasteiger partial charge in [0.25, 0.3) is 10.0 Å². The third-order valence-electron chi connectivity index (χ3n) is 2.91. The third-order valence-corrected chi connectivity index (χ3v) is 5.16. The van der Waals surface area contributed by atoms with Crippen LogP contribution >= 0.6 is 23.2 Å². The lowest BCUT2D eigenvalue weighted by molar-refractivity contribution is 0.417. The van der Waals surface area contributed by atoms with E-state index in [1.165, 1.54) is 19.2 Å². The Kier molecular flexibility index (Phi) is 4.84. The van der Waals surface area contributed by atoms with Crippen molar-refractivity contribution in [2.45, 2.75) is 11.8 Å². The van der Waals surface area contributed by atoms with Crippen LogP contribution in [0, 0.1) is 12.7 Å². The first-order chi connectivity index (χ1) is 10.2. The molecule has 0 spiro atoms. The lowest BCUT2D eigenvalue weighted by Gasteiger charge is -2.14. The molecule has 0 saturated carbocycles. The van der Waals surface area contributed by atoms with Crippen molar-refractivity contribution in [1.82, 2.24) is 0 Å². The summed E-state index contributed by atoms with van der Waals surface area (Å²) in [7, 11) is -2.60. The van der Waals surface area contributed by atoms with Crippen molar-refractivity contribution in [3.05, 3.63) is 51.8 Å². The van der Waals surface area contributed by atoms with Crippen LogP contribution in [0.5, 0.6) is 5.75 Å². The zero-order valence-electron chi connectivity index (χ0n) is 11.7. The highest BCUT2D eigenvalue weighted by molar-refractivity contribution is 7.92. The summed E-state index contributed by atoms with van der Waals surface area (Å²) in [6.07, 6.45) is 0. The van der Waals surface area contributed by atoms with E-state index >= 15 is 0 Å². The minimum atomic E-state index is -3.99. The second-order valence-corrected chi connectivity index (χ2v) is 6.95. The normalized spacial score (nSPS) is 11.3. The Morgan fingerprint density at radius 3 is 2.41 bits per heavy atom. The standard InChI is InChI=1S/C14H12Cl2FNO3S/c1-8-5-12(13(21-2)7-10(8)15)18-22(19,20)14-4-3-9(17)6-11(14)16/h3-7,18H,1-2H3. The molecule has 0 bridgehead atoms. The number of nitrogens with one attached hydrogen (secondary N) is 1. The summed E-state index contributed by atoms with van der Waals surface area (Å²) in [4.78, 5) is -0.231. The van der Waals surface area contributed by atoms with Crippen molar-refractivity contribution in [2.24, 2.45) is 0 Å². The molecular weight excluding hydrogens is 352 g/mol. The van der Waals surface area contributed by atoms with Gasteiger partial charge in [-0.1, -0.05) is 23.2 Å². The Balaban J connectivity index is 2.47. The van der Waals surface area contributed by atoms with Crippen LogP contribution in [0.3, 0.4) is 0 Å². The van der Waals surface area contributed by atoms with Crippen LogP contribution in [0.4, 0.5) is 10.1 Å². The fourth-order valence-corrected chi connectivity index (χ4v) is 3.55. The minimum Gasteiger partial charge on any atom is -0.495 e. The van der Waals surface area contributed by atoms with Gasteiger partial charge in [0.05, 0.1) is 17.8 Å². The third kappa shape index (κ3) is 3.45. The summed E-state index contributed by atoms with van der Waals surface area (Å²) >= 11 is 11.8. The van der Waals surface area contributed by atoms with Gasteiger partial charge in [-0.15, -0.1) is 0 Å². The van der Waals surface area contributed by atoms with Gasteiger partial charge >= 0.3 is 0 Å². The molecule has 0 unspecified atom stereocenters. The minimum absolute atomic E-state index is 0.211. The number of hydrogen-bond donors (Lipinski definition) is 1. The number of sulfonamides is 1. The van der Waals surface area contributed by atoms with Gasteiger partial charge in [-0.2, -0.15) is 0 Å². The van der Waals surface area contributed by atoms with E-state index in [9.17, 15) is 12.8 Å². The number of halogens is 3. The first-order valence-electron chi connectivity index (χ1n) is 6.06. The average Bonchev–Trinajstić information content (AvgIpc) is 2.41. The molecule has 0 aromatic heterocycles. The molecule has 118 valence electrons. The largest absolute Gasteiger partial charge is 0.495 e. The van der Waals surface area contributed by atoms with E-state index in [2.05, 4.69) is 4.72 Å². The molecule has 2 aromatic carbocycles. The zero-order chi connectivity index (χ0) is 16.5. The van der Waals surface area contributed by atoms with Crippen LogP contribution in [-0.4, -0.2) is 15.5 Å². The van der Waals surface area contributed by atoms with Gasteiger partial charge in [0.2, 0.25) is 0 Å². The number of aryl methyl sites for hydroxylation is 1. The van der Waals surface area contributed by atoms with Crippen LogP contribution < -0.4 is 9.46 Å². The van der Waals surface area contributed by atoms with E-state index in [4.69, 9.17) is 27.9 Å². The first kappa shape index (κ1) is 16.9. The number of hydrogen-bond acceptors (Lipinski definition) is 3. The Labute approximate surface area is 137 Å². The van der Waals surface area contributed by atoms with Crippen LogP contribution in [0.25, 0.3) is 0 Å². The predicted octanol–water partition coefficient (Wildman–Crippen LogP) is 4.25. The summed E-state index contributed by atoms with van der Waals surface area (Å²) in [6.45, 7) is 1.73. The van der Waals surface area contributed by atoms with Crippen molar-refractivity contribution in [2.75, 3.05) is 11.8 Å². The maximum atomic E-state index is 13.0. The second kappa shape index (κ2) is 6.32. The number of ether oxygens (including phenoxy) is 1. The molecule has 0 amide bonds. The molecular formula is C14H12Cl2FNO3S. The van der Waals surface area contributed by atoms with E-state index in [1.807, 2.05) is 0 Å². The summed E-state index contributed by atoms with van der Waals surface area (Å²) in [5.74, 6) is -0.360. The molecule has 0 aliphatic heterocycles. The van der Waals surface area contributed by atoms with Gasteiger partial charge in [-0.25, -0.2) is 12.8 Å². The lowest BCUT2D eigenvalue weighted by Crippen LogP contribution is -2.14. The summed E-state index contributed by atoms with van der Waals surface area (Å²) in [6, 6.07) is 6.08. The monoisotopic (exact) mass is 363 g/mol. The number of methoxy groups -OCH3 is 1. The predicted molar refractivity (Wildman–Crippen MR) is 85.0 cm³/mol. The molecule has 8 heteroatoms. The van der Waals surface area contributed by atoms with Gasteiger partial charge in [-0.05, 0) is 36.8 Å². The highest BCUT2D eigenvalue weighted by Gasteiger charge is 2.20. The number of benzene rings is 2. The summed E-state index contributed by atoms with van der Waals surface area (Å²) in [5, 5.41) is 0.233. The summed E-state index contributed by atoms with van der Waals surface area (Å²) < 4.78 is 45.3. The maximum Gasteiger partial charge on any atom is 0.263 e. The SMILES string of the molecule is COc1cc(Cl)c(C)cc1NS(=O)(=O)c1ccc(F)cc1Cl. The van der Waals surface area contributed by atoms with E-state index in [0.29, 0.717) is 10.6 Å². The highest BCUT2D eigenvalue weighted by Crippen LogP contribution is 2.33. The first-order valence-corrected chi connectivity index (χ1v) is 8.30. The van der Waals surface area contributed by atoms with Crippen molar-refractivity contribution in [3.63, 3.8) is 0 Å². The fourth-order valence-electron chi connectivity index (χ4n) is 1.80. The molecule has 0 atom stereocenters. The molecule has 0 saturated heterocycles. The Hall–Kier alpha value is -1.50. The molecule has 0 fully saturated rings. The Bertz CT molecular complexity index is 825. The molecule has 4 nitrogen and oxygen atoms in total. The topological polar surface area (TPSA) is 55.4 Å². The molecule has 2 rings (SSSR count). The lowest BCUT2D eigenvalue weighted by atomic mass is 10.2. The second-order valence-electron chi connectivity index (χ2n) is 4.48. The van der Waals surface area contributed by atoms with Crippen molar-refractivity contribution >= 4 is 38.9 Å². The smallest absolute Gasteiger partial charge is 0.263 e. The van der Waals surface area contributed by atoms with Crippen LogP contribution in [-0.2, 0) is 10.0 Å². The van der Waals surface area contributed by atoms with Gasteiger partial charge in [0.15, 0.2) is 0 Å². The molecule has 0 aliphatic carbocycles. The van der Waals surface area contributed by atoms with Crippen molar-refractivity contribution in [3.8, 4) is 5.75 Å². The van der Waals surface area contributed by atoms with Crippen LogP contribution in [0.1, 0.15) is 5.56 Å². The van der Waals surface area contributed by atoms with Crippen LogP contribution in [0.2, 0.25) is 10.0 Å². The average molecular weight is 364 g/mol.